The van der Waals surface area contributed by atoms with E-state index in [9.17, 15) is 4.79 Å². The molecular formula is C15H17BrClNO. The van der Waals surface area contributed by atoms with E-state index in [1.165, 1.54) is 0 Å². The maximum atomic E-state index is 12.7. The molecule has 3 rings (SSSR count). The lowest BCUT2D eigenvalue weighted by molar-refractivity contribution is 0.0603. The zero-order valence-corrected chi connectivity index (χ0v) is 13.2. The number of benzene rings is 1. The Morgan fingerprint density at radius 1 is 1.32 bits per heavy atom. The minimum atomic E-state index is 0.108. The Bertz CT molecular complexity index is 505. The van der Waals surface area contributed by atoms with E-state index in [4.69, 9.17) is 11.6 Å². The number of nitrogens with zero attached hydrogens (tertiary/aromatic N) is 1. The van der Waals surface area contributed by atoms with Crippen LogP contribution in [0, 0.1) is 6.92 Å². The summed E-state index contributed by atoms with van der Waals surface area (Å²) in [6.07, 6.45) is 4.38. The van der Waals surface area contributed by atoms with Gasteiger partial charge in [0, 0.05) is 16.9 Å². The molecule has 0 radical (unpaired) electrons. The second-order valence-corrected chi connectivity index (χ2v) is 7.35. The molecule has 0 spiro atoms. The van der Waals surface area contributed by atoms with Crippen molar-refractivity contribution in [3.8, 4) is 0 Å². The van der Waals surface area contributed by atoms with Crippen LogP contribution >= 0.6 is 27.5 Å². The number of carbonyl (C=O) groups excluding carboxylic acids is 1. The molecule has 2 nitrogen and oxygen atoms in total. The largest absolute Gasteiger partial charge is 0.333 e. The van der Waals surface area contributed by atoms with Gasteiger partial charge < -0.3 is 4.90 Å². The predicted octanol–water partition coefficient (Wildman–Crippen LogP) is 4.18. The molecule has 2 unspecified atom stereocenters. The van der Waals surface area contributed by atoms with Gasteiger partial charge in [0.05, 0.1) is 10.6 Å². The summed E-state index contributed by atoms with van der Waals surface area (Å²) in [4.78, 5) is 15.4. The van der Waals surface area contributed by atoms with Crippen LogP contribution in [0.4, 0.5) is 0 Å². The Balaban J connectivity index is 1.88. The molecule has 0 aliphatic carbocycles. The average molecular weight is 343 g/mol. The highest BCUT2D eigenvalue weighted by atomic mass is 79.9. The molecule has 2 bridgehead atoms. The third kappa shape index (κ3) is 2.43. The van der Waals surface area contributed by atoms with Crippen molar-refractivity contribution in [3.05, 3.63) is 34.3 Å². The van der Waals surface area contributed by atoms with Crippen molar-refractivity contribution in [2.45, 2.75) is 49.5 Å². The zero-order valence-electron chi connectivity index (χ0n) is 10.9. The SMILES string of the molecule is Cc1ccc(C(=O)N2C3CCC2CC(Br)C3)c(Cl)c1. The molecule has 2 saturated heterocycles. The van der Waals surface area contributed by atoms with E-state index in [0.29, 0.717) is 27.5 Å². The third-order valence-corrected chi connectivity index (χ3v) is 5.33. The molecule has 0 saturated carbocycles. The van der Waals surface area contributed by atoms with E-state index in [0.717, 1.165) is 31.2 Å². The van der Waals surface area contributed by atoms with Crippen LogP contribution in [-0.2, 0) is 0 Å². The van der Waals surface area contributed by atoms with Crippen LogP contribution < -0.4 is 0 Å². The number of rotatable bonds is 1. The quantitative estimate of drug-likeness (QED) is 0.701. The minimum Gasteiger partial charge on any atom is -0.333 e. The lowest BCUT2D eigenvalue weighted by atomic mass is 10.0. The van der Waals surface area contributed by atoms with Gasteiger partial charge in [-0.1, -0.05) is 33.6 Å². The van der Waals surface area contributed by atoms with Crippen molar-refractivity contribution in [1.82, 2.24) is 4.90 Å². The van der Waals surface area contributed by atoms with Crippen LogP contribution in [-0.4, -0.2) is 27.7 Å². The van der Waals surface area contributed by atoms with Crippen LogP contribution in [0.3, 0.4) is 0 Å². The third-order valence-electron chi connectivity index (χ3n) is 4.27. The lowest BCUT2D eigenvalue weighted by Gasteiger charge is -2.37. The molecule has 2 heterocycles. The molecule has 102 valence electrons. The smallest absolute Gasteiger partial charge is 0.255 e. The predicted molar refractivity (Wildman–Crippen MR) is 81.1 cm³/mol. The normalized spacial score (nSPS) is 29.6. The standard InChI is InChI=1S/C15H17BrClNO/c1-9-2-5-13(14(17)6-9)15(19)18-11-3-4-12(18)8-10(16)7-11/h2,5-6,10-12H,3-4,7-8H2,1H3. The van der Waals surface area contributed by atoms with Gasteiger partial charge in [0.25, 0.3) is 5.91 Å². The van der Waals surface area contributed by atoms with Gasteiger partial charge in [-0.25, -0.2) is 0 Å². The van der Waals surface area contributed by atoms with Gasteiger partial charge in [0.1, 0.15) is 0 Å². The van der Waals surface area contributed by atoms with Crippen molar-refractivity contribution < 1.29 is 4.79 Å². The number of hydrogen-bond donors (Lipinski definition) is 0. The number of piperidine rings is 1. The van der Waals surface area contributed by atoms with Crippen LogP contribution in [0.5, 0.6) is 0 Å². The number of alkyl halides is 1. The highest BCUT2D eigenvalue weighted by Gasteiger charge is 2.42. The zero-order chi connectivity index (χ0) is 13.6. The second-order valence-electron chi connectivity index (χ2n) is 5.65. The topological polar surface area (TPSA) is 20.3 Å². The first-order valence-electron chi connectivity index (χ1n) is 6.79. The van der Waals surface area contributed by atoms with Crippen LogP contribution in [0.2, 0.25) is 5.02 Å². The maximum absolute atomic E-state index is 12.7. The van der Waals surface area contributed by atoms with E-state index in [1.54, 1.807) is 0 Å². The molecule has 2 aliphatic heterocycles. The fraction of sp³-hybridized carbons (Fsp3) is 0.533. The molecule has 2 aliphatic rings. The molecule has 19 heavy (non-hydrogen) atoms. The fourth-order valence-corrected chi connectivity index (χ4v) is 4.55. The van der Waals surface area contributed by atoms with Gasteiger partial charge in [0.2, 0.25) is 0 Å². The Labute approximate surface area is 127 Å². The molecule has 0 aromatic heterocycles. The van der Waals surface area contributed by atoms with Gasteiger partial charge in [0.15, 0.2) is 0 Å². The Kier molecular flexibility index (Phi) is 3.61. The van der Waals surface area contributed by atoms with E-state index in [-0.39, 0.29) is 5.91 Å². The summed E-state index contributed by atoms with van der Waals surface area (Å²) in [5.41, 5.74) is 1.74. The lowest BCUT2D eigenvalue weighted by Crippen LogP contribution is -2.46. The van der Waals surface area contributed by atoms with Crippen molar-refractivity contribution in [1.29, 1.82) is 0 Å². The average Bonchev–Trinajstić information content (AvgIpc) is 2.61. The summed E-state index contributed by atoms with van der Waals surface area (Å²) in [6, 6.07) is 6.45. The van der Waals surface area contributed by atoms with Crippen molar-refractivity contribution >= 4 is 33.4 Å². The van der Waals surface area contributed by atoms with Crippen molar-refractivity contribution in [3.63, 3.8) is 0 Å². The van der Waals surface area contributed by atoms with Crippen LogP contribution in [0.15, 0.2) is 18.2 Å². The van der Waals surface area contributed by atoms with Crippen LogP contribution in [0.1, 0.15) is 41.6 Å². The summed E-state index contributed by atoms with van der Waals surface area (Å²) in [5, 5.41) is 0.574. The van der Waals surface area contributed by atoms with E-state index >= 15 is 0 Å². The fourth-order valence-electron chi connectivity index (χ4n) is 3.37. The number of hydrogen-bond acceptors (Lipinski definition) is 1. The number of carbonyl (C=O) groups is 1. The summed E-state index contributed by atoms with van der Waals surface area (Å²) in [7, 11) is 0. The highest BCUT2D eigenvalue weighted by molar-refractivity contribution is 9.09. The van der Waals surface area contributed by atoms with E-state index < -0.39 is 0 Å². The summed E-state index contributed by atoms with van der Waals surface area (Å²) >= 11 is 9.93. The van der Waals surface area contributed by atoms with E-state index in [2.05, 4.69) is 20.8 Å². The molecule has 2 fully saturated rings. The number of fused-ring (bicyclic) bond motifs is 2. The first kappa shape index (κ1) is 13.4. The van der Waals surface area contributed by atoms with Gasteiger partial charge in [-0.05, 0) is 50.3 Å². The Hall–Kier alpha value is -0.540. The van der Waals surface area contributed by atoms with Gasteiger partial charge in [-0.2, -0.15) is 0 Å². The molecule has 1 aromatic rings. The Morgan fingerprint density at radius 2 is 1.95 bits per heavy atom. The molecule has 4 heteroatoms. The monoisotopic (exact) mass is 341 g/mol. The number of halogens is 2. The first-order chi connectivity index (χ1) is 9.06. The summed E-state index contributed by atoms with van der Waals surface area (Å²) < 4.78 is 0. The second kappa shape index (κ2) is 5.10. The van der Waals surface area contributed by atoms with Gasteiger partial charge >= 0.3 is 0 Å². The van der Waals surface area contributed by atoms with Gasteiger partial charge in [-0.3, -0.25) is 4.79 Å². The van der Waals surface area contributed by atoms with Gasteiger partial charge in [-0.15, -0.1) is 0 Å². The van der Waals surface area contributed by atoms with Crippen molar-refractivity contribution in [2.24, 2.45) is 0 Å². The maximum Gasteiger partial charge on any atom is 0.255 e. The number of amides is 1. The Morgan fingerprint density at radius 3 is 2.53 bits per heavy atom. The first-order valence-corrected chi connectivity index (χ1v) is 8.08. The molecule has 0 N–H and O–H groups in total. The molecule has 1 amide bonds. The van der Waals surface area contributed by atoms with E-state index in [1.807, 2.05) is 25.1 Å². The summed E-state index contributed by atoms with van der Waals surface area (Å²) in [6.45, 7) is 1.99. The molecule has 1 aromatic carbocycles. The van der Waals surface area contributed by atoms with Crippen LogP contribution in [0.25, 0.3) is 0 Å². The molecule has 2 atom stereocenters. The van der Waals surface area contributed by atoms with Crippen molar-refractivity contribution in [2.75, 3.05) is 0 Å². The molecular weight excluding hydrogens is 326 g/mol. The number of aryl methyl sites for hydroxylation is 1. The summed E-state index contributed by atoms with van der Waals surface area (Å²) in [5.74, 6) is 0.108. The minimum absolute atomic E-state index is 0.108. The highest BCUT2D eigenvalue weighted by Crippen LogP contribution is 2.39.